The lowest BCUT2D eigenvalue weighted by Crippen LogP contribution is -2.26. The van der Waals surface area contributed by atoms with Crippen LogP contribution in [0.4, 0.5) is 18.9 Å². The summed E-state index contributed by atoms with van der Waals surface area (Å²) in [5, 5.41) is 2.60. The Morgan fingerprint density at radius 3 is 2.37 bits per heavy atom. The standard InChI is InChI=1S/C19H20F3N3O2/c1-25(12-13-6-2-4-8-15(13)19(20,21)22)11-10-17(26)24-16-9-5-3-7-14(16)18(23)27/h2-9H,10-12H2,1H3,(H2,23,27)(H,24,26). The maximum atomic E-state index is 13.0. The number of hydrogen-bond acceptors (Lipinski definition) is 3. The highest BCUT2D eigenvalue weighted by atomic mass is 19.4. The van der Waals surface area contributed by atoms with Crippen LogP contribution in [0.2, 0.25) is 0 Å². The van der Waals surface area contributed by atoms with Crippen molar-refractivity contribution in [3.05, 3.63) is 65.2 Å². The zero-order chi connectivity index (χ0) is 20.0. The van der Waals surface area contributed by atoms with Crippen molar-refractivity contribution >= 4 is 17.5 Å². The number of carbonyl (C=O) groups is 2. The van der Waals surface area contributed by atoms with Crippen molar-refractivity contribution in [1.82, 2.24) is 4.90 Å². The molecule has 3 N–H and O–H groups in total. The van der Waals surface area contributed by atoms with Gasteiger partial charge in [-0.3, -0.25) is 9.59 Å². The van der Waals surface area contributed by atoms with Crippen LogP contribution in [0.3, 0.4) is 0 Å². The molecule has 2 aromatic carbocycles. The molecule has 0 saturated carbocycles. The summed E-state index contributed by atoms with van der Waals surface area (Å²) in [6.07, 6.45) is -4.37. The van der Waals surface area contributed by atoms with E-state index < -0.39 is 17.6 Å². The van der Waals surface area contributed by atoms with Gasteiger partial charge in [0.1, 0.15) is 0 Å². The van der Waals surface area contributed by atoms with Crippen LogP contribution in [0.15, 0.2) is 48.5 Å². The molecule has 0 aliphatic rings. The predicted octanol–water partition coefficient (Wildman–Crippen LogP) is 3.26. The van der Waals surface area contributed by atoms with Gasteiger partial charge < -0.3 is 16.0 Å². The van der Waals surface area contributed by atoms with E-state index >= 15 is 0 Å². The zero-order valence-electron chi connectivity index (χ0n) is 14.7. The lowest BCUT2D eigenvalue weighted by molar-refractivity contribution is -0.138. The second-order valence-electron chi connectivity index (χ2n) is 6.10. The number of nitrogens with one attached hydrogen (secondary N) is 1. The Morgan fingerprint density at radius 2 is 1.70 bits per heavy atom. The number of primary amides is 1. The monoisotopic (exact) mass is 379 g/mol. The molecule has 0 fully saturated rings. The van der Waals surface area contributed by atoms with Gasteiger partial charge in [-0.15, -0.1) is 0 Å². The van der Waals surface area contributed by atoms with E-state index in [0.717, 1.165) is 6.07 Å². The number of alkyl halides is 3. The molecule has 0 unspecified atom stereocenters. The lowest BCUT2D eigenvalue weighted by Gasteiger charge is -2.19. The third-order valence-corrected chi connectivity index (χ3v) is 3.95. The van der Waals surface area contributed by atoms with Gasteiger partial charge >= 0.3 is 6.18 Å². The Bertz CT molecular complexity index is 822. The van der Waals surface area contributed by atoms with E-state index in [1.807, 2.05) is 0 Å². The quantitative estimate of drug-likeness (QED) is 0.775. The number of amides is 2. The van der Waals surface area contributed by atoms with E-state index in [4.69, 9.17) is 5.73 Å². The molecule has 0 atom stereocenters. The third kappa shape index (κ3) is 5.82. The molecule has 0 bridgehead atoms. The molecule has 0 aliphatic heterocycles. The minimum Gasteiger partial charge on any atom is -0.366 e. The molecule has 0 aromatic heterocycles. The van der Waals surface area contributed by atoms with Crippen molar-refractivity contribution < 1.29 is 22.8 Å². The number of halogens is 3. The average molecular weight is 379 g/mol. The molecule has 0 aliphatic carbocycles. The molecule has 27 heavy (non-hydrogen) atoms. The molecule has 0 heterocycles. The number of nitrogens with zero attached hydrogens (tertiary/aromatic N) is 1. The van der Waals surface area contributed by atoms with Crippen molar-refractivity contribution in [1.29, 1.82) is 0 Å². The normalized spacial score (nSPS) is 11.4. The number of carbonyl (C=O) groups excluding carboxylic acids is 2. The smallest absolute Gasteiger partial charge is 0.366 e. The van der Waals surface area contributed by atoms with Crippen LogP contribution in [0, 0.1) is 0 Å². The number of hydrogen-bond donors (Lipinski definition) is 2. The molecule has 2 rings (SSSR count). The predicted molar refractivity (Wildman–Crippen MR) is 96.0 cm³/mol. The Labute approximate surface area is 155 Å². The van der Waals surface area contributed by atoms with Crippen LogP contribution in [0.5, 0.6) is 0 Å². The van der Waals surface area contributed by atoms with E-state index in [2.05, 4.69) is 5.32 Å². The van der Waals surface area contributed by atoms with Gasteiger partial charge in [0.25, 0.3) is 5.91 Å². The van der Waals surface area contributed by atoms with E-state index in [1.165, 1.54) is 18.2 Å². The first-order valence-electron chi connectivity index (χ1n) is 8.21. The number of anilines is 1. The summed E-state index contributed by atoms with van der Waals surface area (Å²) in [5.74, 6) is -1.02. The molecule has 0 radical (unpaired) electrons. The van der Waals surface area contributed by atoms with Gasteiger partial charge in [0.2, 0.25) is 5.91 Å². The van der Waals surface area contributed by atoms with Crippen molar-refractivity contribution in [2.45, 2.75) is 19.1 Å². The highest BCUT2D eigenvalue weighted by Gasteiger charge is 2.32. The summed E-state index contributed by atoms with van der Waals surface area (Å²) >= 11 is 0. The van der Waals surface area contributed by atoms with Crippen LogP contribution in [-0.4, -0.2) is 30.3 Å². The van der Waals surface area contributed by atoms with Gasteiger partial charge in [-0.25, -0.2) is 0 Å². The minimum absolute atomic E-state index is 0.0534. The van der Waals surface area contributed by atoms with E-state index in [1.54, 1.807) is 36.2 Å². The average Bonchev–Trinajstić information content (AvgIpc) is 2.60. The number of rotatable bonds is 7. The Kier molecular flexibility index (Phi) is 6.57. The maximum absolute atomic E-state index is 13.0. The summed E-state index contributed by atoms with van der Waals surface area (Å²) in [5.41, 5.74) is 5.22. The molecule has 2 aromatic rings. The fraction of sp³-hybridized carbons (Fsp3) is 0.263. The third-order valence-electron chi connectivity index (χ3n) is 3.95. The fourth-order valence-corrected chi connectivity index (χ4v) is 2.62. The van der Waals surface area contributed by atoms with Gasteiger partial charge in [0, 0.05) is 19.5 Å². The first-order valence-corrected chi connectivity index (χ1v) is 8.21. The molecular formula is C19H20F3N3O2. The van der Waals surface area contributed by atoms with Gasteiger partial charge in [-0.1, -0.05) is 30.3 Å². The summed E-state index contributed by atoms with van der Waals surface area (Å²) in [6.45, 7) is 0.303. The number of para-hydroxylation sites is 1. The largest absolute Gasteiger partial charge is 0.416 e. The van der Waals surface area contributed by atoms with Gasteiger partial charge in [0.05, 0.1) is 16.8 Å². The second kappa shape index (κ2) is 8.68. The minimum atomic E-state index is -4.42. The summed E-state index contributed by atoms with van der Waals surface area (Å²) in [6, 6.07) is 11.7. The van der Waals surface area contributed by atoms with Crippen molar-refractivity contribution in [2.75, 3.05) is 18.9 Å². The molecule has 5 nitrogen and oxygen atoms in total. The van der Waals surface area contributed by atoms with E-state index in [-0.39, 0.29) is 36.5 Å². The first-order chi connectivity index (χ1) is 12.7. The van der Waals surface area contributed by atoms with Crippen LogP contribution in [-0.2, 0) is 17.5 Å². The summed E-state index contributed by atoms with van der Waals surface area (Å²) in [7, 11) is 1.64. The summed E-state index contributed by atoms with van der Waals surface area (Å²) < 4.78 is 39.1. The SMILES string of the molecule is CN(CCC(=O)Nc1ccccc1C(N)=O)Cc1ccccc1C(F)(F)F. The highest BCUT2D eigenvalue weighted by molar-refractivity contribution is 6.02. The van der Waals surface area contributed by atoms with E-state index in [9.17, 15) is 22.8 Å². The van der Waals surface area contributed by atoms with Crippen LogP contribution >= 0.6 is 0 Å². The van der Waals surface area contributed by atoms with Gasteiger partial charge in [-0.2, -0.15) is 13.2 Å². The van der Waals surface area contributed by atoms with Crippen molar-refractivity contribution in [3.63, 3.8) is 0 Å². The molecule has 2 amide bonds. The fourth-order valence-electron chi connectivity index (χ4n) is 2.62. The summed E-state index contributed by atoms with van der Waals surface area (Å²) in [4.78, 5) is 25.1. The van der Waals surface area contributed by atoms with Crippen LogP contribution < -0.4 is 11.1 Å². The molecule has 0 saturated heterocycles. The highest BCUT2D eigenvalue weighted by Crippen LogP contribution is 2.32. The molecular weight excluding hydrogens is 359 g/mol. The Hall–Kier alpha value is -2.87. The van der Waals surface area contributed by atoms with Gasteiger partial charge in [0.15, 0.2) is 0 Å². The molecule has 144 valence electrons. The molecule has 8 heteroatoms. The Balaban J connectivity index is 1.94. The first kappa shape index (κ1) is 20.4. The van der Waals surface area contributed by atoms with E-state index in [0.29, 0.717) is 5.69 Å². The van der Waals surface area contributed by atoms with Crippen LogP contribution in [0.1, 0.15) is 27.9 Å². The number of nitrogens with two attached hydrogens (primary N) is 1. The van der Waals surface area contributed by atoms with Crippen LogP contribution in [0.25, 0.3) is 0 Å². The second-order valence-corrected chi connectivity index (χ2v) is 6.10. The molecule has 0 spiro atoms. The maximum Gasteiger partial charge on any atom is 0.416 e. The van der Waals surface area contributed by atoms with Crippen molar-refractivity contribution in [2.24, 2.45) is 5.73 Å². The topological polar surface area (TPSA) is 75.4 Å². The number of benzene rings is 2. The van der Waals surface area contributed by atoms with Crippen molar-refractivity contribution in [3.8, 4) is 0 Å². The Morgan fingerprint density at radius 1 is 1.07 bits per heavy atom. The zero-order valence-corrected chi connectivity index (χ0v) is 14.7. The van der Waals surface area contributed by atoms with Gasteiger partial charge in [-0.05, 0) is 30.8 Å². The lowest BCUT2D eigenvalue weighted by atomic mass is 10.1.